The zero-order chi connectivity index (χ0) is 15.3. The zero-order valence-electron chi connectivity index (χ0n) is 13.2. The van der Waals surface area contributed by atoms with Crippen LogP contribution in [-0.2, 0) is 4.79 Å². The molecule has 0 unspecified atom stereocenters. The van der Waals surface area contributed by atoms with Crippen molar-refractivity contribution in [2.45, 2.75) is 46.0 Å². The Hall–Kier alpha value is -1.71. The molecule has 0 saturated heterocycles. The highest BCUT2D eigenvalue weighted by molar-refractivity contribution is 5.77. The van der Waals surface area contributed by atoms with Crippen molar-refractivity contribution in [3.63, 3.8) is 0 Å². The molecule has 1 amide bonds. The SMILES string of the molecule is CCCCCCCOc1cccc(OCC(=O)NCC)c1. The molecule has 1 aromatic rings. The summed E-state index contributed by atoms with van der Waals surface area (Å²) in [7, 11) is 0. The Labute approximate surface area is 127 Å². The van der Waals surface area contributed by atoms with Crippen LogP contribution in [0, 0.1) is 0 Å². The maximum Gasteiger partial charge on any atom is 0.257 e. The molecule has 1 rings (SSSR count). The smallest absolute Gasteiger partial charge is 0.257 e. The maximum absolute atomic E-state index is 11.3. The lowest BCUT2D eigenvalue weighted by molar-refractivity contribution is -0.122. The van der Waals surface area contributed by atoms with E-state index in [0.717, 1.165) is 18.8 Å². The lowest BCUT2D eigenvalue weighted by Crippen LogP contribution is -2.28. The summed E-state index contributed by atoms with van der Waals surface area (Å²) in [5.74, 6) is 1.34. The van der Waals surface area contributed by atoms with E-state index in [-0.39, 0.29) is 12.5 Å². The summed E-state index contributed by atoms with van der Waals surface area (Å²) in [6, 6.07) is 7.43. The van der Waals surface area contributed by atoms with Crippen molar-refractivity contribution in [1.82, 2.24) is 5.32 Å². The van der Waals surface area contributed by atoms with Gasteiger partial charge in [-0.1, -0.05) is 38.7 Å². The summed E-state index contributed by atoms with van der Waals surface area (Å²) < 4.78 is 11.1. The Kier molecular flexibility index (Phi) is 9.09. The minimum atomic E-state index is -0.111. The van der Waals surface area contributed by atoms with Crippen LogP contribution in [0.25, 0.3) is 0 Å². The fraction of sp³-hybridized carbons (Fsp3) is 0.588. The molecule has 0 spiro atoms. The molecule has 0 heterocycles. The molecule has 0 aliphatic carbocycles. The highest BCUT2D eigenvalue weighted by atomic mass is 16.5. The number of rotatable bonds is 11. The minimum absolute atomic E-state index is 0.0360. The second-order valence-corrected chi connectivity index (χ2v) is 4.98. The second kappa shape index (κ2) is 11.0. The number of benzene rings is 1. The highest BCUT2D eigenvalue weighted by Gasteiger charge is 2.02. The van der Waals surface area contributed by atoms with Gasteiger partial charge in [0.05, 0.1) is 6.61 Å². The third-order valence-electron chi connectivity index (χ3n) is 3.07. The molecular formula is C17H27NO3. The van der Waals surface area contributed by atoms with Crippen LogP contribution in [0.2, 0.25) is 0 Å². The van der Waals surface area contributed by atoms with Gasteiger partial charge in [0.15, 0.2) is 6.61 Å². The first-order chi connectivity index (χ1) is 10.3. The van der Waals surface area contributed by atoms with Gasteiger partial charge in [0.25, 0.3) is 5.91 Å². The van der Waals surface area contributed by atoms with Crippen LogP contribution in [0.15, 0.2) is 24.3 Å². The first kappa shape index (κ1) is 17.3. The van der Waals surface area contributed by atoms with Crippen LogP contribution in [0.3, 0.4) is 0 Å². The van der Waals surface area contributed by atoms with Crippen molar-refractivity contribution >= 4 is 5.91 Å². The van der Waals surface area contributed by atoms with Gasteiger partial charge >= 0.3 is 0 Å². The topological polar surface area (TPSA) is 47.6 Å². The average molecular weight is 293 g/mol. The van der Waals surface area contributed by atoms with Crippen molar-refractivity contribution in [2.24, 2.45) is 0 Å². The van der Waals surface area contributed by atoms with E-state index in [4.69, 9.17) is 9.47 Å². The van der Waals surface area contributed by atoms with Crippen molar-refractivity contribution in [3.8, 4) is 11.5 Å². The number of hydrogen-bond acceptors (Lipinski definition) is 3. The van der Waals surface area contributed by atoms with Crippen molar-refractivity contribution < 1.29 is 14.3 Å². The van der Waals surface area contributed by atoms with Gasteiger partial charge in [-0.05, 0) is 25.5 Å². The van der Waals surface area contributed by atoms with Gasteiger partial charge in [0.1, 0.15) is 11.5 Å². The molecule has 4 heteroatoms. The van der Waals surface area contributed by atoms with Gasteiger partial charge in [-0.25, -0.2) is 0 Å². The molecule has 0 aliphatic rings. The van der Waals surface area contributed by atoms with E-state index in [2.05, 4.69) is 12.2 Å². The van der Waals surface area contributed by atoms with Crippen LogP contribution in [0.5, 0.6) is 11.5 Å². The van der Waals surface area contributed by atoms with Gasteiger partial charge in [-0.15, -0.1) is 0 Å². The fourth-order valence-electron chi connectivity index (χ4n) is 1.95. The molecule has 0 fully saturated rings. The summed E-state index contributed by atoms with van der Waals surface area (Å²) in [4.78, 5) is 11.3. The van der Waals surface area contributed by atoms with Gasteiger partial charge in [-0.2, -0.15) is 0 Å². The van der Waals surface area contributed by atoms with Gasteiger partial charge in [-0.3, -0.25) is 4.79 Å². The third-order valence-corrected chi connectivity index (χ3v) is 3.07. The predicted molar refractivity (Wildman–Crippen MR) is 84.9 cm³/mol. The van der Waals surface area contributed by atoms with E-state index in [1.54, 1.807) is 0 Å². The van der Waals surface area contributed by atoms with Crippen LogP contribution in [0.1, 0.15) is 46.0 Å². The summed E-state index contributed by atoms with van der Waals surface area (Å²) in [5.41, 5.74) is 0. The van der Waals surface area contributed by atoms with Crippen LogP contribution >= 0.6 is 0 Å². The summed E-state index contributed by atoms with van der Waals surface area (Å²) in [6.45, 7) is 5.47. The number of likely N-dealkylation sites (N-methyl/N-ethyl adjacent to an activating group) is 1. The summed E-state index contributed by atoms with van der Waals surface area (Å²) in [6.07, 6.45) is 6.11. The Morgan fingerprint density at radius 2 is 1.76 bits per heavy atom. The fourth-order valence-corrected chi connectivity index (χ4v) is 1.95. The molecular weight excluding hydrogens is 266 g/mol. The Bertz CT molecular complexity index is 407. The number of nitrogens with one attached hydrogen (secondary N) is 1. The maximum atomic E-state index is 11.3. The Balaban J connectivity index is 2.26. The van der Waals surface area contributed by atoms with E-state index < -0.39 is 0 Å². The number of amides is 1. The van der Waals surface area contributed by atoms with Gasteiger partial charge in [0.2, 0.25) is 0 Å². The predicted octanol–water partition coefficient (Wildman–Crippen LogP) is 3.55. The Morgan fingerprint density at radius 3 is 2.48 bits per heavy atom. The van der Waals surface area contributed by atoms with Crippen LogP contribution in [-0.4, -0.2) is 25.7 Å². The normalized spacial score (nSPS) is 10.2. The average Bonchev–Trinajstić information content (AvgIpc) is 2.49. The van der Waals surface area contributed by atoms with Crippen LogP contribution in [0.4, 0.5) is 0 Å². The highest BCUT2D eigenvalue weighted by Crippen LogP contribution is 2.19. The standard InChI is InChI=1S/C17H27NO3/c1-3-5-6-7-8-12-20-15-10-9-11-16(13-15)21-14-17(19)18-4-2/h9-11,13H,3-8,12,14H2,1-2H3,(H,18,19). The molecule has 4 nitrogen and oxygen atoms in total. The van der Waals surface area contributed by atoms with E-state index >= 15 is 0 Å². The summed E-state index contributed by atoms with van der Waals surface area (Å²) >= 11 is 0. The monoisotopic (exact) mass is 293 g/mol. The van der Waals surface area contributed by atoms with E-state index in [1.807, 2.05) is 31.2 Å². The van der Waals surface area contributed by atoms with Crippen molar-refractivity contribution in [3.05, 3.63) is 24.3 Å². The Morgan fingerprint density at radius 1 is 1.05 bits per heavy atom. The number of ether oxygens (including phenoxy) is 2. The van der Waals surface area contributed by atoms with Crippen molar-refractivity contribution in [2.75, 3.05) is 19.8 Å². The van der Waals surface area contributed by atoms with Gasteiger partial charge < -0.3 is 14.8 Å². The molecule has 0 aliphatic heterocycles. The molecule has 0 aromatic heterocycles. The third kappa shape index (κ3) is 8.23. The number of carbonyl (C=O) groups is 1. The zero-order valence-corrected chi connectivity index (χ0v) is 13.2. The molecule has 0 radical (unpaired) electrons. The molecule has 1 N–H and O–H groups in total. The summed E-state index contributed by atoms with van der Waals surface area (Å²) in [5, 5.41) is 2.69. The van der Waals surface area contributed by atoms with Crippen LogP contribution < -0.4 is 14.8 Å². The number of unbranched alkanes of at least 4 members (excludes halogenated alkanes) is 4. The van der Waals surface area contributed by atoms with E-state index in [9.17, 15) is 4.79 Å². The molecule has 0 atom stereocenters. The van der Waals surface area contributed by atoms with E-state index in [0.29, 0.717) is 12.3 Å². The molecule has 0 saturated carbocycles. The lowest BCUT2D eigenvalue weighted by atomic mass is 10.2. The largest absolute Gasteiger partial charge is 0.493 e. The molecule has 0 bridgehead atoms. The molecule has 118 valence electrons. The minimum Gasteiger partial charge on any atom is -0.493 e. The lowest BCUT2D eigenvalue weighted by Gasteiger charge is -2.09. The molecule has 1 aromatic carbocycles. The van der Waals surface area contributed by atoms with E-state index in [1.165, 1.54) is 25.7 Å². The van der Waals surface area contributed by atoms with Gasteiger partial charge in [0, 0.05) is 12.6 Å². The quantitative estimate of drug-likeness (QED) is 0.635. The second-order valence-electron chi connectivity index (χ2n) is 4.98. The van der Waals surface area contributed by atoms with Crippen molar-refractivity contribution in [1.29, 1.82) is 0 Å². The first-order valence-electron chi connectivity index (χ1n) is 7.88. The first-order valence-corrected chi connectivity index (χ1v) is 7.88. The number of carbonyl (C=O) groups excluding carboxylic acids is 1. The molecule has 21 heavy (non-hydrogen) atoms. The number of hydrogen-bond donors (Lipinski definition) is 1.